The summed E-state index contributed by atoms with van der Waals surface area (Å²) in [5.41, 5.74) is 1.24. The summed E-state index contributed by atoms with van der Waals surface area (Å²) in [7, 11) is 1.41. The first-order chi connectivity index (χ1) is 30.4. The third-order valence-electron chi connectivity index (χ3n) is 9.13. The lowest BCUT2D eigenvalue weighted by atomic mass is 10.1. The number of aliphatic hydroxyl groups is 3. The highest BCUT2D eigenvalue weighted by Gasteiger charge is 2.21. The van der Waals surface area contributed by atoms with Crippen LogP contribution < -0.4 is 4.74 Å². The number of thioether (sulfide) groups is 1. The third kappa shape index (κ3) is 120. The van der Waals surface area contributed by atoms with E-state index >= 15 is 0 Å². The van der Waals surface area contributed by atoms with Gasteiger partial charge in [-0.25, -0.2) is 0 Å². The second-order valence-electron chi connectivity index (χ2n) is 17.1. The maximum absolute atomic E-state index is 11.0. The Morgan fingerprint density at radius 1 is 0.525 bits per heavy atom. The van der Waals surface area contributed by atoms with Crippen molar-refractivity contribution < 1.29 is 57.1 Å². The fraction of sp³-hybridized carbons (Fsp3) is 0.891. The molecule has 1 rings (SSSR count). The highest BCUT2D eigenvalue weighted by Crippen LogP contribution is 2.20. The third-order valence-corrected chi connectivity index (χ3v) is 16.3. The number of rotatable bonds is 27. The van der Waals surface area contributed by atoms with E-state index in [2.05, 4.69) is 72.7 Å². The smallest absolute Gasteiger partial charge is 0.309 e. The van der Waals surface area contributed by atoms with E-state index in [1.807, 2.05) is 73.6 Å². The molecule has 0 aliphatic rings. The van der Waals surface area contributed by atoms with Gasteiger partial charge < -0.3 is 52.3 Å². The van der Waals surface area contributed by atoms with Crippen LogP contribution >= 0.6 is 11.8 Å². The minimum atomic E-state index is -1.59. The van der Waals surface area contributed by atoms with Gasteiger partial charge in [0, 0.05) is 46.9 Å². The molecule has 0 spiro atoms. The fourth-order valence-corrected chi connectivity index (χ4v) is 5.25. The van der Waals surface area contributed by atoms with Crippen LogP contribution in [0.2, 0.25) is 51.9 Å². The number of ether oxygens (including phenoxy) is 5. The summed E-state index contributed by atoms with van der Waals surface area (Å²) >= 11 is 1.77. The summed E-state index contributed by atoms with van der Waals surface area (Å²) in [5, 5.41) is 27.5. The van der Waals surface area contributed by atoms with Gasteiger partial charge in [-0.2, -0.15) is 11.8 Å². The molecule has 0 saturated heterocycles. The molecule has 0 heterocycles. The van der Waals surface area contributed by atoms with Crippen LogP contribution in [-0.2, 0) is 43.4 Å². The van der Waals surface area contributed by atoms with E-state index < -0.39 is 25.0 Å². The van der Waals surface area contributed by atoms with Gasteiger partial charge in [0.1, 0.15) is 12.4 Å². The van der Waals surface area contributed by atoms with Gasteiger partial charge in [-0.05, 0) is 129 Å². The Balaban J connectivity index is -0.0000000266. The van der Waals surface area contributed by atoms with Gasteiger partial charge in [0.2, 0.25) is 8.32 Å². The number of unbranched alkanes of at least 4 members (excludes halogenated alkanes) is 1. The normalized spacial score (nSPS) is 10.3. The minimum Gasteiger partial charge on any atom is -0.491 e. The zero-order chi connectivity index (χ0) is 51.8. The first-order valence-corrected chi connectivity index (χ1v) is 35.1. The average molecular weight is 1250 g/mol. The van der Waals surface area contributed by atoms with Crippen molar-refractivity contribution in [1.29, 1.82) is 0 Å². The lowest BCUT2D eigenvalue weighted by molar-refractivity contribution is -0.146. The van der Waals surface area contributed by atoms with Crippen molar-refractivity contribution in [2.24, 2.45) is 5.92 Å². The van der Waals surface area contributed by atoms with Crippen molar-refractivity contribution in [1.82, 2.24) is 0 Å². The second kappa shape index (κ2) is 100. The van der Waals surface area contributed by atoms with E-state index in [-0.39, 0.29) is 142 Å². The molecule has 0 fully saturated rings. The minimum absolute atomic E-state index is 0. The van der Waals surface area contributed by atoms with Gasteiger partial charge in [-0.1, -0.05) is 184 Å². The van der Waals surface area contributed by atoms with Crippen LogP contribution in [0.1, 0.15) is 225 Å². The van der Waals surface area contributed by atoms with Crippen molar-refractivity contribution >= 4 is 42.7 Å². The molecule has 4 atom stereocenters. The maximum atomic E-state index is 11.0. The van der Waals surface area contributed by atoms with Crippen LogP contribution in [-0.4, -0.2) is 150 Å². The number of esters is 1. The van der Waals surface area contributed by atoms with Crippen LogP contribution in [0.4, 0.5) is 0 Å². The van der Waals surface area contributed by atoms with Gasteiger partial charge in [0.05, 0.1) is 50.3 Å². The Labute approximate surface area is 520 Å². The van der Waals surface area contributed by atoms with Crippen molar-refractivity contribution in [2.45, 2.75) is 296 Å². The molecule has 0 saturated carbocycles. The summed E-state index contributed by atoms with van der Waals surface area (Å²) < 4.78 is 41.2. The van der Waals surface area contributed by atoms with Gasteiger partial charge in [-0.15, -0.1) is 0 Å². The summed E-state index contributed by atoms with van der Waals surface area (Å²) in [6.45, 7) is 41.2. The van der Waals surface area contributed by atoms with Crippen molar-refractivity contribution in [3.63, 3.8) is 0 Å². The van der Waals surface area contributed by atoms with Gasteiger partial charge in [-0.3, -0.25) is 4.79 Å². The standard InChI is InChI=1S/C14H22O2.C8H20O3Si.C8H16O2S.C6H14O2.C5H14OSi.C4H12OSi.C4H10O.15CH4/c1-3-5-8-12-9-6-7-10-14(12)16-11-13(15)4-2;1-5-8(9)6-11-7-12(3,4)10-2;1-4-10-8(9)7(3)6-11-5-2;1-3-6(7)5-8-4-2;1-5-7(3,4)6-2;1-5-6(2,3)4;1-3-5-4-2;;;;;;;;;;;;;;;/h6-7,9-10,13,15H,3-5,8,11H2,1-2H3;8-9H,5-7H2,1-4H3;7H,4-6H2,1-3H3;6-7H,3-5H2,1-2H3;5H2,1-4H3;1-4H3;3-4H2,1-2H3;15*1H4. The largest absolute Gasteiger partial charge is 0.491 e. The molecule has 16 heteroatoms. The predicted octanol–water partition coefficient (Wildman–Crippen LogP) is 21.0. The van der Waals surface area contributed by atoms with Crippen LogP contribution in [0.5, 0.6) is 5.75 Å². The highest BCUT2D eigenvalue weighted by atomic mass is 32.2. The Bertz CT molecular complexity index is 1100. The second-order valence-corrected chi connectivity index (χ2v) is 31.9. The quantitative estimate of drug-likeness (QED) is 0.0567. The SMILES string of the molecule is C.C.C.C.C.C.C.C.C.C.C.C.C.C.C.CCC(O)COC[Si](C)(C)OC.CCCCc1ccccc1OCC(O)CC.CCOC(=O)C(C)CSCC.CCOCC.CCOCC(O)CC.CC[Si](C)(C)OC.CO[Si](C)(C)C. The van der Waals surface area contributed by atoms with E-state index in [9.17, 15) is 15.0 Å². The van der Waals surface area contributed by atoms with E-state index in [4.69, 9.17) is 42.1 Å². The molecule has 1 aromatic rings. The lowest BCUT2D eigenvalue weighted by Gasteiger charge is -2.20. The zero-order valence-corrected chi connectivity index (χ0v) is 49.9. The molecule has 1 aromatic carbocycles. The number of carbonyl (C=O) groups excluding carboxylic acids is 1. The van der Waals surface area contributed by atoms with E-state index in [0.29, 0.717) is 39.3 Å². The molecule has 0 radical (unpaired) electrons. The summed E-state index contributed by atoms with van der Waals surface area (Å²) in [4.78, 5) is 11.0. The lowest BCUT2D eigenvalue weighted by Crippen LogP contribution is -2.36. The number of carbonyl (C=O) groups is 1. The van der Waals surface area contributed by atoms with Crippen molar-refractivity contribution in [3.8, 4) is 5.75 Å². The number of hydrogen-bond acceptors (Lipinski definition) is 13. The van der Waals surface area contributed by atoms with Gasteiger partial charge >= 0.3 is 5.97 Å². The van der Waals surface area contributed by atoms with E-state index in [1.165, 1.54) is 24.4 Å². The molecule has 0 amide bonds. The van der Waals surface area contributed by atoms with Gasteiger partial charge in [0.15, 0.2) is 16.6 Å². The topological polar surface area (TPSA) is 152 Å². The molecule has 0 aliphatic carbocycles. The first-order valence-electron chi connectivity index (χ1n) is 24.3. The number of aryl methyl sites for hydroxylation is 1. The van der Waals surface area contributed by atoms with Crippen LogP contribution in [0, 0.1) is 5.92 Å². The van der Waals surface area contributed by atoms with Crippen LogP contribution in [0.15, 0.2) is 24.3 Å². The Morgan fingerprint density at radius 2 is 0.900 bits per heavy atom. The van der Waals surface area contributed by atoms with E-state index in [0.717, 1.165) is 56.2 Å². The molecule has 4 unspecified atom stereocenters. The summed E-state index contributed by atoms with van der Waals surface area (Å²) in [5.74, 6) is 2.82. The molecular weight excluding hydrogens is 1080 g/mol. The fourth-order valence-electron chi connectivity index (χ4n) is 3.51. The molecule has 80 heavy (non-hydrogen) atoms. The van der Waals surface area contributed by atoms with Crippen LogP contribution in [0.25, 0.3) is 0 Å². The summed E-state index contributed by atoms with van der Waals surface area (Å²) in [6.07, 6.45) is 5.37. The molecule has 514 valence electrons. The maximum Gasteiger partial charge on any atom is 0.309 e. The summed E-state index contributed by atoms with van der Waals surface area (Å²) in [6, 6.07) is 9.30. The number of aliphatic hydroxyl groups excluding tert-OH is 3. The Morgan fingerprint density at radius 3 is 1.19 bits per heavy atom. The first kappa shape index (κ1) is 143. The van der Waals surface area contributed by atoms with Crippen molar-refractivity contribution in [3.05, 3.63) is 29.8 Å². The molecule has 3 N–H and O–H groups in total. The number of para-hydroxylation sites is 1. The molecule has 0 aliphatic heterocycles. The average Bonchev–Trinajstić information content (AvgIpc) is 3.29. The van der Waals surface area contributed by atoms with E-state index in [1.54, 1.807) is 33.1 Å². The molecule has 0 aromatic heterocycles. The van der Waals surface area contributed by atoms with Gasteiger partial charge in [0.25, 0.3) is 0 Å². The molecule has 12 nitrogen and oxygen atoms in total. The van der Waals surface area contributed by atoms with Crippen LogP contribution in [0.3, 0.4) is 0 Å². The molecular formula is C64H168O12SSi3. The Hall–Kier alpha value is -0.869. The van der Waals surface area contributed by atoms with Crippen molar-refractivity contribution in [2.75, 3.05) is 85.3 Å². The number of hydrogen-bond donors (Lipinski definition) is 3. The predicted molar refractivity (Wildman–Crippen MR) is 389 cm³/mol. The Kier molecular flexibility index (Phi) is 179. The monoisotopic (exact) mass is 1250 g/mol. The number of benzene rings is 1. The molecule has 0 bridgehead atoms. The zero-order valence-electron chi connectivity index (χ0n) is 46.1. The highest BCUT2D eigenvalue weighted by molar-refractivity contribution is 7.99.